The molecule has 1 unspecified atom stereocenters. The first kappa shape index (κ1) is 14.3. The van der Waals surface area contributed by atoms with Crippen molar-refractivity contribution in [3.63, 3.8) is 0 Å². The summed E-state index contributed by atoms with van der Waals surface area (Å²) in [4.78, 5) is 5.54. The highest BCUT2D eigenvalue weighted by atomic mass is 79.9. The summed E-state index contributed by atoms with van der Waals surface area (Å²) in [5, 5.41) is 5.38. The molecule has 0 saturated heterocycles. The van der Waals surface area contributed by atoms with Crippen LogP contribution in [0.4, 0.5) is 10.1 Å². The molecule has 0 fully saturated rings. The number of hydrogen-bond acceptors (Lipinski definition) is 3. The maximum atomic E-state index is 13.7. The van der Waals surface area contributed by atoms with Gasteiger partial charge in [-0.05, 0) is 45.6 Å². The van der Waals surface area contributed by atoms with Gasteiger partial charge in [-0.1, -0.05) is 6.07 Å². The van der Waals surface area contributed by atoms with Crippen molar-refractivity contribution in [2.24, 2.45) is 7.05 Å². The van der Waals surface area contributed by atoms with Gasteiger partial charge < -0.3 is 9.88 Å². The fourth-order valence-electron chi connectivity index (χ4n) is 2.13. The summed E-state index contributed by atoms with van der Waals surface area (Å²) >= 11 is 4.81. The van der Waals surface area contributed by atoms with Crippen LogP contribution in [0.5, 0.6) is 0 Å². The molecule has 0 spiro atoms. The molecule has 21 heavy (non-hydrogen) atoms. The van der Waals surface area contributed by atoms with E-state index in [1.807, 2.05) is 41.4 Å². The van der Waals surface area contributed by atoms with Crippen LogP contribution in [0.1, 0.15) is 16.7 Å². The van der Waals surface area contributed by atoms with Crippen LogP contribution < -0.4 is 5.32 Å². The molecule has 0 radical (unpaired) electrons. The van der Waals surface area contributed by atoms with Crippen molar-refractivity contribution in [1.29, 1.82) is 0 Å². The molecule has 108 valence electrons. The zero-order chi connectivity index (χ0) is 14.8. The van der Waals surface area contributed by atoms with Gasteiger partial charge in [-0.2, -0.15) is 0 Å². The summed E-state index contributed by atoms with van der Waals surface area (Å²) < 4.78 is 16.1. The average Bonchev–Trinajstić information content (AvgIpc) is 3.12. The van der Waals surface area contributed by atoms with E-state index in [0.717, 1.165) is 16.4 Å². The normalized spacial score (nSPS) is 12.3. The van der Waals surface area contributed by atoms with Gasteiger partial charge in [0.15, 0.2) is 0 Å². The van der Waals surface area contributed by atoms with Gasteiger partial charge in [0.1, 0.15) is 17.7 Å². The second kappa shape index (κ2) is 5.99. The lowest BCUT2D eigenvalue weighted by atomic mass is 10.2. The number of aryl methyl sites for hydroxylation is 1. The number of hydrogen-bond donors (Lipinski definition) is 1. The molecule has 1 N–H and O–H groups in total. The molecule has 1 aromatic carbocycles. The third kappa shape index (κ3) is 3.01. The van der Waals surface area contributed by atoms with Crippen LogP contribution in [0.3, 0.4) is 0 Å². The van der Waals surface area contributed by atoms with Crippen molar-refractivity contribution in [2.75, 3.05) is 5.32 Å². The first-order chi connectivity index (χ1) is 10.1. The zero-order valence-electron chi connectivity index (χ0n) is 11.3. The highest BCUT2D eigenvalue weighted by molar-refractivity contribution is 9.10. The molecule has 2 heterocycles. The Labute approximate surface area is 134 Å². The average molecular weight is 366 g/mol. The second-order valence-corrected chi connectivity index (χ2v) is 6.45. The van der Waals surface area contributed by atoms with E-state index in [0.29, 0.717) is 4.47 Å². The van der Waals surface area contributed by atoms with E-state index in [9.17, 15) is 4.39 Å². The van der Waals surface area contributed by atoms with Crippen LogP contribution in [0.2, 0.25) is 0 Å². The Kier molecular flexibility index (Phi) is 4.07. The Morgan fingerprint density at radius 3 is 2.86 bits per heavy atom. The van der Waals surface area contributed by atoms with E-state index in [2.05, 4.69) is 26.2 Å². The molecule has 3 rings (SSSR count). The lowest BCUT2D eigenvalue weighted by molar-refractivity contribution is 0.621. The number of thiophene rings is 1. The minimum atomic E-state index is -0.287. The van der Waals surface area contributed by atoms with Crippen molar-refractivity contribution in [1.82, 2.24) is 9.55 Å². The third-order valence-electron chi connectivity index (χ3n) is 3.17. The number of benzene rings is 1. The van der Waals surface area contributed by atoms with Crippen LogP contribution in [0.15, 0.2) is 52.6 Å². The Morgan fingerprint density at radius 2 is 2.24 bits per heavy atom. The van der Waals surface area contributed by atoms with E-state index in [-0.39, 0.29) is 11.9 Å². The van der Waals surface area contributed by atoms with Crippen LogP contribution in [0, 0.1) is 5.82 Å². The fourth-order valence-corrected chi connectivity index (χ4v) is 3.14. The van der Waals surface area contributed by atoms with Gasteiger partial charge in [0, 0.05) is 30.0 Å². The minimum absolute atomic E-state index is 0.106. The highest BCUT2D eigenvalue weighted by Crippen LogP contribution is 2.29. The lowest BCUT2D eigenvalue weighted by Crippen LogP contribution is -2.15. The Hall–Kier alpha value is -1.66. The smallest absolute Gasteiger partial charge is 0.139 e. The monoisotopic (exact) mass is 365 g/mol. The molecule has 0 aliphatic carbocycles. The summed E-state index contributed by atoms with van der Waals surface area (Å²) in [7, 11) is 1.95. The maximum Gasteiger partial charge on any atom is 0.139 e. The molecule has 0 saturated carbocycles. The zero-order valence-corrected chi connectivity index (χ0v) is 13.7. The molecule has 6 heteroatoms. The number of rotatable bonds is 4. The van der Waals surface area contributed by atoms with Crippen molar-refractivity contribution < 1.29 is 4.39 Å². The second-order valence-electron chi connectivity index (χ2n) is 4.62. The predicted octanol–water partition coefficient (Wildman–Crippen LogP) is 4.58. The van der Waals surface area contributed by atoms with Crippen LogP contribution >= 0.6 is 27.3 Å². The Morgan fingerprint density at radius 1 is 1.38 bits per heavy atom. The van der Waals surface area contributed by atoms with Crippen molar-refractivity contribution in [3.05, 3.63) is 69.1 Å². The van der Waals surface area contributed by atoms with E-state index in [1.165, 1.54) is 6.07 Å². The standard InChI is InChI=1S/C15H13BrFN3S/c1-20-7-6-18-15(20)14(13-3-2-8-21-13)19-10-4-5-11(16)12(17)9-10/h2-9,14,19H,1H3. The Bertz CT molecular complexity index is 739. The van der Waals surface area contributed by atoms with Gasteiger partial charge >= 0.3 is 0 Å². The molecule has 0 aliphatic rings. The molecule has 1 atom stereocenters. The van der Waals surface area contributed by atoms with Gasteiger partial charge in [-0.25, -0.2) is 9.37 Å². The van der Waals surface area contributed by atoms with Gasteiger partial charge in [-0.15, -0.1) is 11.3 Å². The summed E-state index contributed by atoms with van der Waals surface area (Å²) in [6, 6.07) is 8.96. The van der Waals surface area contributed by atoms with Gasteiger partial charge in [0.2, 0.25) is 0 Å². The van der Waals surface area contributed by atoms with Gasteiger partial charge in [0.05, 0.1) is 4.47 Å². The summed E-state index contributed by atoms with van der Waals surface area (Å²) in [6.45, 7) is 0. The van der Waals surface area contributed by atoms with Crippen LogP contribution in [-0.2, 0) is 7.05 Å². The maximum absolute atomic E-state index is 13.7. The summed E-state index contributed by atoms with van der Waals surface area (Å²) in [5.41, 5.74) is 0.720. The molecule has 2 aromatic heterocycles. The number of anilines is 1. The number of nitrogens with one attached hydrogen (secondary N) is 1. The quantitative estimate of drug-likeness (QED) is 0.732. The third-order valence-corrected chi connectivity index (χ3v) is 4.76. The molecular weight excluding hydrogens is 353 g/mol. The number of aromatic nitrogens is 2. The van der Waals surface area contributed by atoms with Crippen molar-refractivity contribution in [2.45, 2.75) is 6.04 Å². The topological polar surface area (TPSA) is 29.9 Å². The molecule has 0 amide bonds. The molecule has 0 bridgehead atoms. The van der Waals surface area contributed by atoms with Gasteiger partial charge in [0.25, 0.3) is 0 Å². The highest BCUT2D eigenvalue weighted by Gasteiger charge is 2.19. The summed E-state index contributed by atoms with van der Waals surface area (Å²) in [6.07, 6.45) is 3.67. The molecule has 3 nitrogen and oxygen atoms in total. The molecule has 0 aliphatic heterocycles. The number of nitrogens with zero attached hydrogens (tertiary/aromatic N) is 2. The van der Waals surface area contributed by atoms with E-state index < -0.39 is 0 Å². The SMILES string of the molecule is Cn1ccnc1C(Nc1ccc(Br)c(F)c1)c1cccs1. The van der Waals surface area contributed by atoms with Crippen LogP contribution in [-0.4, -0.2) is 9.55 Å². The molecular formula is C15H13BrFN3S. The predicted molar refractivity (Wildman–Crippen MR) is 87.1 cm³/mol. The molecule has 3 aromatic rings. The summed E-state index contributed by atoms with van der Waals surface area (Å²) in [5.74, 6) is 0.602. The van der Waals surface area contributed by atoms with Crippen molar-refractivity contribution in [3.8, 4) is 0 Å². The Balaban J connectivity index is 1.97. The lowest BCUT2D eigenvalue weighted by Gasteiger charge is -2.19. The first-order valence-corrected chi connectivity index (χ1v) is 8.04. The first-order valence-electron chi connectivity index (χ1n) is 6.37. The van der Waals surface area contributed by atoms with E-state index >= 15 is 0 Å². The van der Waals surface area contributed by atoms with E-state index in [4.69, 9.17) is 0 Å². The number of halogens is 2. The fraction of sp³-hybridized carbons (Fsp3) is 0.133. The number of imidazole rings is 1. The van der Waals surface area contributed by atoms with E-state index in [1.54, 1.807) is 23.6 Å². The minimum Gasteiger partial charge on any atom is -0.371 e. The van der Waals surface area contributed by atoms with Gasteiger partial charge in [-0.3, -0.25) is 0 Å². The largest absolute Gasteiger partial charge is 0.371 e. The van der Waals surface area contributed by atoms with Crippen molar-refractivity contribution >= 4 is 33.0 Å². The van der Waals surface area contributed by atoms with Crippen LogP contribution in [0.25, 0.3) is 0 Å².